The topological polar surface area (TPSA) is 26.3 Å². The van der Waals surface area contributed by atoms with Crippen molar-refractivity contribution in [2.45, 2.75) is 19.3 Å². The van der Waals surface area contributed by atoms with Gasteiger partial charge in [-0.05, 0) is 59.0 Å². The van der Waals surface area contributed by atoms with Gasteiger partial charge < -0.3 is 4.74 Å². The number of hydrogen-bond donors (Lipinski definition) is 0. The highest BCUT2D eigenvalue weighted by Crippen LogP contribution is 2.49. The summed E-state index contributed by atoms with van der Waals surface area (Å²) in [7, 11) is 0. The van der Waals surface area contributed by atoms with Crippen LogP contribution in [-0.4, -0.2) is 12.4 Å². The fourth-order valence-corrected chi connectivity index (χ4v) is 3.26. The summed E-state index contributed by atoms with van der Waals surface area (Å²) in [5.41, 5.74) is 2.01. The number of carbonyl (C=O) groups is 1. The lowest BCUT2D eigenvalue weighted by Gasteiger charge is -2.07. The van der Waals surface area contributed by atoms with E-state index >= 15 is 0 Å². The SMILES string of the molecule is CCOc1ccc(C(=O)C2CC2c2ccccc2)c(Br)c1. The van der Waals surface area contributed by atoms with Crippen molar-refractivity contribution < 1.29 is 9.53 Å². The molecular formula is C18H17BrO2. The predicted octanol–water partition coefficient (Wildman–Crippen LogP) is 4.83. The zero-order valence-corrected chi connectivity index (χ0v) is 13.5. The van der Waals surface area contributed by atoms with E-state index in [1.165, 1.54) is 5.56 Å². The molecule has 3 rings (SSSR count). The van der Waals surface area contributed by atoms with E-state index in [-0.39, 0.29) is 11.7 Å². The van der Waals surface area contributed by atoms with Crippen molar-refractivity contribution >= 4 is 21.7 Å². The summed E-state index contributed by atoms with van der Waals surface area (Å²) in [5.74, 6) is 1.49. The zero-order valence-electron chi connectivity index (χ0n) is 11.9. The third kappa shape index (κ3) is 3.03. The molecule has 108 valence electrons. The highest BCUT2D eigenvalue weighted by atomic mass is 79.9. The van der Waals surface area contributed by atoms with Gasteiger partial charge in [-0.25, -0.2) is 0 Å². The van der Waals surface area contributed by atoms with Crippen LogP contribution in [0.3, 0.4) is 0 Å². The van der Waals surface area contributed by atoms with E-state index in [1.54, 1.807) is 0 Å². The van der Waals surface area contributed by atoms with Crippen LogP contribution in [-0.2, 0) is 0 Å². The Hall–Kier alpha value is -1.61. The number of Topliss-reactive ketones (excluding diaryl/α,β-unsaturated/α-hetero) is 1. The third-order valence-corrected chi connectivity index (χ3v) is 4.53. The molecule has 0 heterocycles. The molecule has 2 aromatic rings. The van der Waals surface area contributed by atoms with Gasteiger partial charge in [0.2, 0.25) is 0 Å². The van der Waals surface area contributed by atoms with E-state index in [0.717, 1.165) is 22.2 Å². The van der Waals surface area contributed by atoms with Gasteiger partial charge in [-0.1, -0.05) is 30.3 Å². The van der Waals surface area contributed by atoms with E-state index in [0.29, 0.717) is 12.5 Å². The van der Waals surface area contributed by atoms with Crippen LogP contribution in [0.15, 0.2) is 53.0 Å². The summed E-state index contributed by atoms with van der Waals surface area (Å²) in [6, 6.07) is 15.9. The van der Waals surface area contributed by atoms with Crippen molar-refractivity contribution in [1.82, 2.24) is 0 Å². The molecule has 0 amide bonds. The first kappa shape index (κ1) is 14.3. The summed E-state index contributed by atoms with van der Waals surface area (Å²) < 4.78 is 6.26. The van der Waals surface area contributed by atoms with E-state index in [1.807, 2.05) is 43.3 Å². The maximum atomic E-state index is 12.6. The van der Waals surface area contributed by atoms with Crippen molar-refractivity contribution in [3.05, 3.63) is 64.1 Å². The first-order valence-corrected chi connectivity index (χ1v) is 8.01. The minimum absolute atomic E-state index is 0.113. The number of ketones is 1. The first-order valence-electron chi connectivity index (χ1n) is 7.22. The van der Waals surface area contributed by atoms with Crippen LogP contribution in [0.4, 0.5) is 0 Å². The van der Waals surface area contributed by atoms with Gasteiger partial charge in [0.1, 0.15) is 5.75 Å². The molecule has 0 aromatic heterocycles. The van der Waals surface area contributed by atoms with E-state index in [9.17, 15) is 4.79 Å². The first-order chi connectivity index (χ1) is 10.2. The molecule has 3 heteroatoms. The van der Waals surface area contributed by atoms with Crippen molar-refractivity contribution in [2.75, 3.05) is 6.61 Å². The Morgan fingerprint density at radius 1 is 1.24 bits per heavy atom. The molecule has 0 bridgehead atoms. The van der Waals surface area contributed by atoms with Crippen LogP contribution in [0.2, 0.25) is 0 Å². The number of benzene rings is 2. The fourth-order valence-electron chi connectivity index (χ4n) is 2.71. The van der Waals surface area contributed by atoms with Crippen LogP contribution in [0.25, 0.3) is 0 Å². The van der Waals surface area contributed by atoms with Gasteiger partial charge in [0.15, 0.2) is 5.78 Å². The Morgan fingerprint density at radius 2 is 2.00 bits per heavy atom. The van der Waals surface area contributed by atoms with Crippen molar-refractivity contribution in [3.63, 3.8) is 0 Å². The molecule has 1 fully saturated rings. The summed E-state index contributed by atoms with van der Waals surface area (Å²) in [6.45, 7) is 2.57. The molecule has 21 heavy (non-hydrogen) atoms. The summed E-state index contributed by atoms with van der Waals surface area (Å²) in [6.07, 6.45) is 0.947. The molecule has 0 radical (unpaired) electrons. The fraction of sp³-hybridized carbons (Fsp3) is 0.278. The van der Waals surface area contributed by atoms with Crippen LogP contribution < -0.4 is 4.74 Å². The van der Waals surface area contributed by atoms with Gasteiger partial charge in [0.25, 0.3) is 0 Å². The molecule has 0 spiro atoms. The Morgan fingerprint density at radius 3 is 2.67 bits per heavy atom. The molecule has 2 nitrogen and oxygen atoms in total. The van der Waals surface area contributed by atoms with Gasteiger partial charge in [-0.2, -0.15) is 0 Å². The summed E-state index contributed by atoms with van der Waals surface area (Å²) >= 11 is 3.49. The Balaban J connectivity index is 1.75. The minimum Gasteiger partial charge on any atom is -0.494 e. The van der Waals surface area contributed by atoms with Crippen molar-refractivity contribution in [1.29, 1.82) is 0 Å². The lowest BCUT2D eigenvalue weighted by atomic mass is 10.0. The molecule has 1 saturated carbocycles. The zero-order chi connectivity index (χ0) is 14.8. The maximum absolute atomic E-state index is 12.6. The third-order valence-electron chi connectivity index (χ3n) is 3.87. The molecule has 2 aromatic carbocycles. The van der Waals surface area contributed by atoms with Gasteiger partial charge in [-0.3, -0.25) is 4.79 Å². The van der Waals surface area contributed by atoms with Gasteiger partial charge in [0.05, 0.1) is 6.61 Å². The number of rotatable bonds is 5. The maximum Gasteiger partial charge on any atom is 0.167 e. The molecule has 2 atom stereocenters. The van der Waals surface area contributed by atoms with Crippen LogP contribution in [0, 0.1) is 5.92 Å². The Labute approximate surface area is 133 Å². The van der Waals surface area contributed by atoms with Gasteiger partial charge >= 0.3 is 0 Å². The van der Waals surface area contributed by atoms with Gasteiger partial charge in [0, 0.05) is 16.0 Å². The minimum atomic E-state index is 0.113. The Bertz CT molecular complexity index is 652. The van der Waals surface area contributed by atoms with Gasteiger partial charge in [-0.15, -0.1) is 0 Å². The van der Waals surface area contributed by atoms with E-state index in [4.69, 9.17) is 4.74 Å². The van der Waals surface area contributed by atoms with Crippen molar-refractivity contribution in [2.24, 2.45) is 5.92 Å². The lowest BCUT2D eigenvalue weighted by molar-refractivity contribution is 0.0964. The van der Waals surface area contributed by atoms with Crippen molar-refractivity contribution in [3.8, 4) is 5.75 Å². The summed E-state index contributed by atoms with van der Waals surface area (Å²) in [5, 5.41) is 0. The molecule has 0 aliphatic heterocycles. The molecule has 1 aliphatic rings. The normalized spacial score (nSPS) is 20.1. The second-order valence-electron chi connectivity index (χ2n) is 5.30. The monoisotopic (exact) mass is 344 g/mol. The number of ether oxygens (including phenoxy) is 1. The predicted molar refractivity (Wildman–Crippen MR) is 86.9 cm³/mol. The van der Waals surface area contributed by atoms with Crippen LogP contribution >= 0.6 is 15.9 Å². The molecule has 0 saturated heterocycles. The van der Waals surface area contributed by atoms with Crippen LogP contribution in [0.1, 0.15) is 35.2 Å². The number of halogens is 1. The molecule has 1 aliphatic carbocycles. The average Bonchev–Trinajstić information content (AvgIpc) is 3.28. The number of carbonyl (C=O) groups excluding carboxylic acids is 1. The number of hydrogen-bond acceptors (Lipinski definition) is 2. The smallest absolute Gasteiger partial charge is 0.167 e. The second kappa shape index (κ2) is 6.02. The molecule has 0 N–H and O–H groups in total. The van der Waals surface area contributed by atoms with E-state index in [2.05, 4.69) is 28.1 Å². The average molecular weight is 345 g/mol. The Kier molecular flexibility index (Phi) is 4.11. The standard InChI is InChI=1S/C18H17BrO2/c1-2-21-13-8-9-14(17(19)10-13)18(20)16-11-15(16)12-6-4-3-5-7-12/h3-10,15-16H,2,11H2,1H3. The lowest BCUT2D eigenvalue weighted by Crippen LogP contribution is -2.04. The second-order valence-corrected chi connectivity index (χ2v) is 6.15. The van der Waals surface area contributed by atoms with E-state index < -0.39 is 0 Å². The van der Waals surface area contributed by atoms with Crippen LogP contribution in [0.5, 0.6) is 5.75 Å². The molecular weight excluding hydrogens is 328 g/mol. The molecule has 2 unspecified atom stereocenters. The summed E-state index contributed by atoms with van der Waals surface area (Å²) in [4.78, 5) is 12.6. The quantitative estimate of drug-likeness (QED) is 0.725. The highest BCUT2D eigenvalue weighted by molar-refractivity contribution is 9.10. The largest absolute Gasteiger partial charge is 0.494 e. The highest BCUT2D eigenvalue weighted by Gasteiger charge is 2.44.